The van der Waals surface area contributed by atoms with Crippen molar-refractivity contribution in [3.8, 4) is 0 Å². The third kappa shape index (κ3) is 6.42. The Morgan fingerprint density at radius 2 is 2.08 bits per heavy atom. The molecule has 4 heteroatoms. The second kappa shape index (κ2) is 7.89. The van der Waals surface area contributed by atoms with E-state index in [0.717, 1.165) is 6.29 Å². The quantitative estimate of drug-likeness (QED) is 0.417. The minimum Gasteiger partial charge on any atom is -0.396 e. The standard InChI is InChI=1S/C9H16O4/c10-6-2-1-4-8(12)9(13)5-3-7-11/h6,9,11,13H,1-5,7H2. The van der Waals surface area contributed by atoms with Crippen LogP contribution in [0.1, 0.15) is 32.1 Å². The van der Waals surface area contributed by atoms with E-state index < -0.39 is 6.10 Å². The molecule has 13 heavy (non-hydrogen) atoms. The van der Waals surface area contributed by atoms with Gasteiger partial charge >= 0.3 is 0 Å². The van der Waals surface area contributed by atoms with E-state index in [1.807, 2.05) is 0 Å². The molecule has 0 rings (SSSR count). The van der Waals surface area contributed by atoms with Gasteiger partial charge in [0.1, 0.15) is 12.4 Å². The summed E-state index contributed by atoms with van der Waals surface area (Å²) in [5.74, 6) is -0.240. The molecular weight excluding hydrogens is 172 g/mol. The Hall–Kier alpha value is -0.740. The molecular formula is C9H16O4. The molecule has 76 valence electrons. The van der Waals surface area contributed by atoms with Crippen molar-refractivity contribution in [3.63, 3.8) is 0 Å². The van der Waals surface area contributed by atoms with Gasteiger partial charge in [0, 0.05) is 19.4 Å². The van der Waals surface area contributed by atoms with Gasteiger partial charge in [0.2, 0.25) is 0 Å². The minimum absolute atomic E-state index is 0.0152. The summed E-state index contributed by atoms with van der Waals surface area (Å²) in [7, 11) is 0. The third-order valence-corrected chi connectivity index (χ3v) is 1.75. The molecule has 0 aliphatic rings. The van der Waals surface area contributed by atoms with Crippen LogP contribution < -0.4 is 0 Å². The predicted molar refractivity (Wildman–Crippen MR) is 47.2 cm³/mol. The minimum atomic E-state index is -0.973. The maximum Gasteiger partial charge on any atom is 0.161 e. The molecule has 0 fully saturated rings. The molecule has 0 aromatic rings. The third-order valence-electron chi connectivity index (χ3n) is 1.75. The van der Waals surface area contributed by atoms with Crippen LogP contribution in [0.3, 0.4) is 0 Å². The second-order valence-electron chi connectivity index (χ2n) is 2.91. The Bertz CT molecular complexity index is 156. The lowest BCUT2D eigenvalue weighted by atomic mass is 10.1. The molecule has 0 aliphatic carbocycles. The van der Waals surface area contributed by atoms with Gasteiger partial charge in [-0.05, 0) is 19.3 Å². The summed E-state index contributed by atoms with van der Waals surface area (Å²) in [6.45, 7) is -0.0152. The molecule has 0 aromatic heterocycles. The molecule has 0 aliphatic heterocycles. The highest BCUT2D eigenvalue weighted by Crippen LogP contribution is 2.03. The topological polar surface area (TPSA) is 74.6 Å². The number of ketones is 1. The molecule has 0 saturated carbocycles. The highest BCUT2D eigenvalue weighted by molar-refractivity contribution is 5.82. The van der Waals surface area contributed by atoms with Crippen molar-refractivity contribution >= 4 is 12.1 Å². The average molecular weight is 188 g/mol. The molecule has 0 radical (unpaired) electrons. The normalized spacial score (nSPS) is 12.5. The van der Waals surface area contributed by atoms with Gasteiger partial charge in [0.05, 0.1) is 0 Å². The molecule has 0 amide bonds. The van der Waals surface area contributed by atoms with Gasteiger partial charge in [-0.2, -0.15) is 0 Å². The van der Waals surface area contributed by atoms with Crippen molar-refractivity contribution < 1.29 is 19.8 Å². The Labute approximate surface area is 77.6 Å². The van der Waals surface area contributed by atoms with Crippen molar-refractivity contribution in [2.75, 3.05) is 6.61 Å². The second-order valence-corrected chi connectivity index (χ2v) is 2.91. The first-order valence-electron chi connectivity index (χ1n) is 4.47. The number of hydrogen-bond acceptors (Lipinski definition) is 4. The summed E-state index contributed by atoms with van der Waals surface area (Å²) in [4.78, 5) is 21.0. The van der Waals surface area contributed by atoms with Gasteiger partial charge in [-0.15, -0.1) is 0 Å². The van der Waals surface area contributed by atoms with E-state index in [1.54, 1.807) is 0 Å². The first-order chi connectivity index (χ1) is 6.22. The number of aliphatic hydroxyl groups is 2. The Morgan fingerprint density at radius 3 is 2.62 bits per heavy atom. The van der Waals surface area contributed by atoms with Crippen LogP contribution in [0, 0.1) is 0 Å². The number of carbonyl (C=O) groups excluding carboxylic acids is 2. The molecule has 0 aromatic carbocycles. The maximum absolute atomic E-state index is 11.1. The fourth-order valence-electron chi connectivity index (χ4n) is 0.972. The van der Waals surface area contributed by atoms with Gasteiger partial charge in [-0.1, -0.05) is 0 Å². The molecule has 1 atom stereocenters. The fraction of sp³-hybridized carbons (Fsp3) is 0.778. The largest absolute Gasteiger partial charge is 0.396 e. The lowest BCUT2D eigenvalue weighted by Gasteiger charge is -2.07. The number of unbranched alkanes of at least 4 members (excludes halogenated alkanes) is 1. The van der Waals surface area contributed by atoms with E-state index in [9.17, 15) is 14.7 Å². The number of Topliss-reactive ketones (excluding diaryl/α,β-unsaturated/α-hetero) is 1. The summed E-state index contributed by atoms with van der Waals surface area (Å²) < 4.78 is 0. The molecule has 0 bridgehead atoms. The average Bonchev–Trinajstić information content (AvgIpc) is 2.14. The highest BCUT2D eigenvalue weighted by Gasteiger charge is 2.13. The molecule has 1 unspecified atom stereocenters. The highest BCUT2D eigenvalue weighted by atomic mass is 16.3. The van der Waals surface area contributed by atoms with Crippen LogP contribution in [0.4, 0.5) is 0 Å². The summed E-state index contributed by atoms with van der Waals surface area (Å²) in [6.07, 6.45) is 1.62. The van der Waals surface area contributed by atoms with Crippen LogP contribution in [0.2, 0.25) is 0 Å². The Morgan fingerprint density at radius 1 is 1.38 bits per heavy atom. The summed E-state index contributed by atoms with van der Waals surface area (Å²) in [5, 5.41) is 17.6. The van der Waals surface area contributed by atoms with E-state index in [0.29, 0.717) is 25.7 Å². The van der Waals surface area contributed by atoms with Gasteiger partial charge < -0.3 is 15.0 Å². The van der Waals surface area contributed by atoms with E-state index in [2.05, 4.69) is 0 Å². The summed E-state index contributed by atoms with van der Waals surface area (Å²) >= 11 is 0. The first kappa shape index (κ1) is 12.3. The molecule has 0 spiro atoms. The van der Waals surface area contributed by atoms with Crippen molar-refractivity contribution in [1.82, 2.24) is 0 Å². The Kier molecular flexibility index (Phi) is 7.44. The first-order valence-corrected chi connectivity index (χ1v) is 4.47. The lowest BCUT2D eigenvalue weighted by molar-refractivity contribution is -0.127. The number of rotatable bonds is 8. The van der Waals surface area contributed by atoms with Crippen LogP contribution in [0.25, 0.3) is 0 Å². The predicted octanol–water partition coefficient (Wildman–Crippen LogP) is 0.0581. The number of aliphatic hydroxyl groups excluding tert-OH is 2. The van der Waals surface area contributed by atoms with Gasteiger partial charge in [-0.25, -0.2) is 0 Å². The van der Waals surface area contributed by atoms with Gasteiger partial charge in [0.25, 0.3) is 0 Å². The van der Waals surface area contributed by atoms with Crippen LogP contribution in [0.5, 0.6) is 0 Å². The van der Waals surface area contributed by atoms with Crippen LogP contribution in [-0.4, -0.2) is 35.0 Å². The van der Waals surface area contributed by atoms with E-state index >= 15 is 0 Å². The van der Waals surface area contributed by atoms with E-state index in [1.165, 1.54) is 0 Å². The van der Waals surface area contributed by atoms with Crippen LogP contribution in [-0.2, 0) is 9.59 Å². The summed E-state index contributed by atoms with van der Waals surface area (Å²) in [5.41, 5.74) is 0. The smallest absolute Gasteiger partial charge is 0.161 e. The monoisotopic (exact) mass is 188 g/mol. The Balaban J connectivity index is 3.50. The zero-order chi connectivity index (χ0) is 10.1. The van der Waals surface area contributed by atoms with Crippen molar-refractivity contribution in [2.45, 2.75) is 38.2 Å². The van der Waals surface area contributed by atoms with E-state index in [-0.39, 0.29) is 18.8 Å². The summed E-state index contributed by atoms with van der Waals surface area (Å²) in [6, 6.07) is 0. The van der Waals surface area contributed by atoms with Crippen molar-refractivity contribution in [1.29, 1.82) is 0 Å². The fourth-order valence-corrected chi connectivity index (χ4v) is 0.972. The molecule has 4 nitrogen and oxygen atoms in total. The van der Waals surface area contributed by atoms with Crippen molar-refractivity contribution in [3.05, 3.63) is 0 Å². The number of carbonyl (C=O) groups is 2. The van der Waals surface area contributed by atoms with Crippen LogP contribution in [0.15, 0.2) is 0 Å². The van der Waals surface area contributed by atoms with Crippen LogP contribution >= 0.6 is 0 Å². The van der Waals surface area contributed by atoms with Gasteiger partial charge in [-0.3, -0.25) is 4.79 Å². The zero-order valence-electron chi connectivity index (χ0n) is 7.61. The molecule has 0 saturated heterocycles. The lowest BCUT2D eigenvalue weighted by Crippen LogP contribution is -2.20. The molecule has 0 heterocycles. The number of aldehydes is 1. The van der Waals surface area contributed by atoms with Gasteiger partial charge in [0.15, 0.2) is 5.78 Å². The molecule has 2 N–H and O–H groups in total. The van der Waals surface area contributed by atoms with E-state index in [4.69, 9.17) is 5.11 Å². The number of hydrogen-bond donors (Lipinski definition) is 2. The maximum atomic E-state index is 11.1. The zero-order valence-corrected chi connectivity index (χ0v) is 7.61. The SMILES string of the molecule is O=CCCCC(=O)C(O)CCCO. The van der Waals surface area contributed by atoms with Crippen molar-refractivity contribution in [2.24, 2.45) is 0 Å².